The number of carbonyl (C=O) groups excluding carboxylic acids is 1. The molecule has 8 heteroatoms. The van der Waals surface area contributed by atoms with Crippen LogP contribution >= 0.6 is 0 Å². The SMILES string of the molecule is CO[C@@H]1C[C@@]23COC[C@@](C)([C@@H]2CC[C@H]2C3=CC[C@@]3(C)[C@H](C(=O)O)[C@@](C)([C@H](C)C(C)C)CC[C@]23C)[C@H]1OC(=O)C(N)CCCCN. The average molecular weight is 631 g/mol. The Morgan fingerprint density at radius 2 is 1.78 bits per heavy atom. The highest BCUT2D eigenvalue weighted by Gasteiger charge is 2.72. The zero-order valence-electron chi connectivity index (χ0n) is 29.3. The minimum absolute atomic E-state index is 0.147. The van der Waals surface area contributed by atoms with Gasteiger partial charge in [-0.25, -0.2) is 0 Å². The van der Waals surface area contributed by atoms with Crippen LogP contribution in [0.1, 0.15) is 106 Å². The molecule has 5 aliphatic rings. The number of carboxylic acids is 1. The second kappa shape index (κ2) is 12.2. The molecule has 1 aliphatic heterocycles. The van der Waals surface area contributed by atoms with Crippen LogP contribution in [0.3, 0.4) is 0 Å². The minimum Gasteiger partial charge on any atom is -0.481 e. The van der Waals surface area contributed by atoms with E-state index in [-0.39, 0.29) is 45.6 Å². The second-order valence-corrected chi connectivity index (χ2v) is 17.1. The molecule has 0 radical (unpaired) electrons. The summed E-state index contributed by atoms with van der Waals surface area (Å²) >= 11 is 0. The first kappa shape index (κ1) is 34.8. The van der Waals surface area contributed by atoms with Gasteiger partial charge < -0.3 is 30.8 Å². The molecular formula is C37H62N2O6. The lowest BCUT2D eigenvalue weighted by Crippen LogP contribution is -2.70. The summed E-state index contributed by atoms with van der Waals surface area (Å²) in [5, 5.41) is 10.9. The van der Waals surface area contributed by atoms with Crippen LogP contribution in [-0.2, 0) is 23.8 Å². The Hall–Kier alpha value is -1.48. The third-order valence-electron chi connectivity index (χ3n) is 14.9. The maximum absolute atomic E-state index is 13.3. The van der Waals surface area contributed by atoms with Crippen LogP contribution in [-0.4, -0.2) is 62.2 Å². The van der Waals surface area contributed by atoms with Gasteiger partial charge in [-0.3, -0.25) is 9.59 Å². The summed E-state index contributed by atoms with van der Waals surface area (Å²) in [7, 11) is 1.73. The van der Waals surface area contributed by atoms with Crippen molar-refractivity contribution >= 4 is 11.9 Å². The van der Waals surface area contributed by atoms with Crippen molar-refractivity contribution in [2.75, 3.05) is 26.9 Å². The quantitative estimate of drug-likeness (QED) is 0.153. The Balaban J connectivity index is 1.51. The lowest BCUT2D eigenvalue weighted by atomic mass is 9.34. The molecule has 12 atom stereocenters. The molecule has 4 aliphatic carbocycles. The normalized spacial score (nSPS) is 45.4. The van der Waals surface area contributed by atoms with Crippen molar-refractivity contribution in [1.29, 1.82) is 0 Å². The third kappa shape index (κ3) is 5.05. The number of hydrogen-bond acceptors (Lipinski definition) is 7. The van der Waals surface area contributed by atoms with E-state index in [1.54, 1.807) is 7.11 Å². The van der Waals surface area contributed by atoms with Crippen molar-refractivity contribution in [3.8, 4) is 0 Å². The van der Waals surface area contributed by atoms with E-state index >= 15 is 0 Å². The Morgan fingerprint density at radius 1 is 1.07 bits per heavy atom. The Morgan fingerprint density at radius 3 is 2.40 bits per heavy atom. The van der Waals surface area contributed by atoms with Crippen LogP contribution in [0.25, 0.3) is 0 Å². The van der Waals surface area contributed by atoms with Gasteiger partial charge in [-0.05, 0) is 97.8 Å². The standard InChI is InChI=1S/C37H62N2O6/c1-22(2)23(3)33(4)16-17-35(6)24-12-13-28-34(5)20-44-21-37(28,25(24)14-15-36(35,7)29(33)31(40)41)19-27(43-8)30(34)45-32(42)26(39)11-9-10-18-38/h14,22-24,26-30H,9-13,15-21,38-39H2,1-8H3,(H,40,41)/t23-,24+,26?,27-,28+,29-,30+,33-,34+,35-,36+,37+/m1/s1. The highest BCUT2D eigenvalue weighted by atomic mass is 16.6. The number of hydrogen-bond donors (Lipinski definition) is 3. The Kier molecular flexibility index (Phi) is 9.44. The first-order chi connectivity index (χ1) is 21.1. The van der Waals surface area contributed by atoms with E-state index in [1.807, 2.05) is 0 Å². The van der Waals surface area contributed by atoms with Gasteiger partial charge in [-0.2, -0.15) is 0 Å². The van der Waals surface area contributed by atoms with Gasteiger partial charge in [0.05, 0.1) is 25.2 Å². The molecule has 1 unspecified atom stereocenters. The van der Waals surface area contributed by atoms with Crippen LogP contribution in [0.5, 0.6) is 0 Å². The molecule has 5 N–H and O–H groups in total. The number of rotatable bonds is 10. The molecule has 5 rings (SSSR count). The highest BCUT2D eigenvalue weighted by molar-refractivity contribution is 5.76. The fourth-order valence-corrected chi connectivity index (χ4v) is 11.8. The second-order valence-electron chi connectivity index (χ2n) is 17.1. The van der Waals surface area contributed by atoms with E-state index in [0.29, 0.717) is 38.0 Å². The molecule has 1 saturated heterocycles. The average Bonchev–Trinajstić information content (AvgIpc) is 2.98. The monoisotopic (exact) mass is 630 g/mol. The number of carbonyl (C=O) groups is 2. The van der Waals surface area contributed by atoms with Crippen molar-refractivity contribution in [2.24, 2.45) is 68.1 Å². The van der Waals surface area contributed by atoms with Crippen molar-refractivity contribution in [1.82, 2.24) is 0 Å². The van der Waals surface area contributed by atoms with Gasteiger partial charge in [0.25, 0.3) is 0 Å². The van der Waals surface area contributed by atoms with Gasteiger partial charge in [0.2, 0.25) is 0 Å². The van der Waals surface area contributed by atoms with E-state index in [9.17, 15) is 14.7 Å². The van der Waals surface area contributed by atoms with E-state index in [0.717, 1.165) is 51.4 Å². The first-order valence-electron chi connectivity index (χ1n) is 17.8. The minimum atomic E-state index is -0.680. The maximum Gasteiger partial charge on any atom is 0.323 e. The number of carboxylic acid groups (broad SMARTS) is 1. The van der Waals surface area contributed by atoms with Crippen LogP contribution < -0.4 is 11.5 Å². The predicted octanol–water partition coefficient (Wildman–Crippen LogP) is 5.96. The molecule has 2 bridgehead atoms. The molecule has 0 spiro atoms. The summed E-state index contributed by atoms with van der Waals surface area (Å²) in [5.74, 6) is -0.142. The van der Waals surface area contributed by atoms with E-state index in [4.69, 9.17) is 25.7 Å². The molecule has 0 amide bonds. The van der Waals surface area contributed by atoms with Gasteiger partial charge in [-0.15, -0.1) is 0 Å². The van der Waals surface area contributed by atoms with Crippen LogP contribution in [0, 0.1) is 56.7 Å². The largest absolute Gasteiger partial charge is 0.481 e. The molecule has 0 aromatic heterocycles. The number of ether oxygens (including phenoxy) is 3. The van der Waals surface area contributed by atoms with Gasteiger partial charge in [0.1, 0.15) is 12.1 Å². The van der Waals surface area contributed by atoms with E-state index in [1.165, 1.54) is 5.57 Å². The molecule has 4 fully saturated rings. The van der Waals surface area contributed by atoms with Gasteiger partial charge in [0.15, 0.2) is 0 Å². The van der Waals surface area contributed by atoms with Crippen molar-refractivity contribution < 1.29 is 28.9 Å². The van der Waals surface area contributed by atoms with Crippen molar-refractivity contribution in [2.45, 2.75) is 125 Å². The molecule has 45 heavy (non-hydrogen) atoms. The molecule has 1 heterocycles. The summed E-state index contributed by atoms with van der Waals surface area (Å²) in [4.78, 5) is 26.6. The lowest BCUT2D eigenvalue weighted by Gasteiger charge is -2.71. The molecular weight excluding hydrogens is 568 g/mol. The third-order valence-corrected chi connectivity index (χ3v) is 14.9. The van der Waals surface area contributed by atoms with Crippen molar-refractivity contribution in [3.63, 3.8) is 0 Å². The summed E-state index contributed by atoms with van der Waals surface area (Å²) < 4.78 is 19.0. The summed E-state index contributed by atoms with van der Waals surface area (Å²) in [6, 6.07) is -0.680. The number of unbranched alkanes of at least 4 members (excludes halogenated alkanes) is 1. The van der Waals surface area contributed by atoms with E-state index in [2.05, 4.69) is 54.5 Å². The number of fused-ring (bicyclic) bond motifs is 3. The summed E-state index contributed by atoms with van der Waals surface area (Å²) in [5.41, 5.74) is 12.0. The zero-order valence-corrected chi connectivity index (χ0v) is 29.3. The molecule has 8 nitrogen and oxygen atoms in total. The maximum atomic E-state index is 13.3. The van der Waals surface area contributed by atoms with Crippen LogP contribution in [0.15, 0.2) is 11.6 Å². The van der Waals surface area contributed by atoms with Gasteiger partial charge in [0, 0.05) is 17.9 Å². The van der Waals surface area contributed by atoms with E-state index < -0.39 is 29.4 Å². The Bertz CT molecular complexity index is 1170. The Labute approximate surface area is 271 Å². The number of nitrogens with two attached hydrogens (primary N) is 2. The first-order valence-corrected chi connectivity index (χ1v) is 17.8. The highest BCUT2D eigenvalue weighted by Crippen LogP contribution is 2.75. The predicted molar refractivity (Wildman–Crippen MR) is 175 cm³/mol. The number of aliphatic carboxylic acids is 1. The number of esters is 1. The molecule has 0 aromatic carbocycles. The summed E-state index contributed by atoms with van der Waals surface area (Å²) in [6.07, 6.45) is 9.35. The zero-order chi connectivity index (χ0) is 33.2. The number of methoxy groups -OCH3 is 1. The molecule has 3 saturated carbocycles. The fraction of sp³-hybridized carbons (Fsp3) is 0.892. The number of allylic oxidation sites excluding steroid dienone is 1. The van der Waals surface area contributed by atoms with Gasteiger partial charge in [-0.1, -0.05) is 66.5 Å². The van der Waals surface area contributed by atoms with Gasteiger partial charge >= 0.3 is 11.9 Å². The van der Waals surface area contributed by atoms with Crippen LogP contribution in [0.4, 0.5) is 0 Å². The molecule has 0 aromatic rings. The van der Waals surface area contributed by atoms with Crippen molar-refractivity contribution in [3.05, 3.63) is 11.6 Å². The smallest absolute Gasteiger partial charge is 0.323 e. The summed E-state index contributed by atoms with van der Waals surface area (Å²) in [6.45, 7) is 17.6. The fourth-order valence-electron chi connectivity index (χ4n) is 11.8. The molecule has 256 valence electrons. The topological polar surface area (TPSA) is 134 Å². The van der Waals surface area contributed by atoms with Crippen LogP contribution in [0.2, 0.25) is 0 Å². The lowest BCUT2D eigenvalue weighted by molar-refractivity contribution is -0.263.